The highest BCUT2D eigenvalue weighted by atomic mass is 15.1. The van der Waals surface area contributed by atoms with E-state index in [-0.39, 0.29) is 11.8 Å². The van der Waals surface area contributed by atoms with E-state index in [1.165, 1.54) is 5.56 Å². The number of nitriles is 2. The smallest absolute Gasteiger partial charge is 0.0761 e. The molecule has 2 rings (SSSR count). The van der Waals surface area contributed by atoms with Crippen molar-refractivity contribution in [2.24, 2.45) is 11.8 Å². The van der Waals surface area contributed by atoms with E-state index in [0.717, 1.165) is 6.54 Å². The van der Waals surface area contributed by atoms with Gasteiger partial charge in [-0.3, -0.25) is 4.90 Å². The lowest BCUT2D eigenvalue weighted by Gasteiger charge is -2.14. The Morgan fingerprint density at radius 1 is 1.06 bits per heavy atom. The lowest BCUT2D eigenvalue weighted by Crippen LogP contribution is -2.20. The Morgan fingerprint density at radius 2 is 1.62 bits per heavy atom. The highest BCUT2D eigenvalue weighted by molar-refractivity contribution is 5.15. The van der Waals surface area contributed by atoms with Gasteiger partial charge in [-0.2, -0.15) is 10.5 Å². The molecule has 0 bridgehead atoms. The van der Waals surface area contributed by atoms with Gasteiger partial charge < -0.3 is 0 Å². The van der Waals surface area contributed by atoms with Crippen LogP contribution < -0.4 is 0 Å². The van der Waals surface area contributed by atoms with Crippen LogP contribution in [0.4, 0.5) is 0 Å². The molecule has 0 radical (unpaired) electrons. The first-order chi connectivity index (χ1) is 7.83. The Kier molecular flexibility index (Phi) is 3.19. The second-order valence-electron chi connectivity index (χ2n) is 4.15. The number of nitrogens with zero attached hydrogens (tertiary/aromatic N) is 3. The Bertz CT molecular complexity index is 405. The van der Waals surface area contributed by atoms with E-state index in [9.17, 15) is 0 Å². The van der Waals surface area contributed by atoms with Crippen LogP contribution in [-0.4, -0.2) is 18.0 Å². The van der Waals surface area contributed by atoms with Crippen LogP contribution in [0.25, 0.3) is 0 Å². The lowest BCUT2D eigenvalue weighted by atomic mass is 10.00. The molecule has 1 aromatic rings. The molecular weight excluding hydrogens is 198 g/mol. The zero-order chi connectivity index (χ0) is 11.4. The molecule has 1 heterocycles. The maximum atomic E-state index is 8.92. The summed E-state index contributed by atoms with van der Waals surface area (Å²) >= 11 is 0. The summed E-state index contributed by atoms with van der Waals surface area (Å²) in [4.78, 5) is 2.18. The average molecular weight is 211 g/mol. The normalized spacial score (nSPS) is 24.9. The van der Waals surface area contributed by atoms with Crippen molar-refractivity contribution in [2.45, 2.75) is 6.54 Å². The van der Waals surface area contributed by atoms with E-state index in [4.69, 9.17) is 10.5 Å². The average Bonchev–Trinajstić information content (AvgIpc) is 2.72. The molecule has 80 valence electrons. The van der Waals surface area contributed by atoms with Crippen molar-refractivity contribution in [2.75, 3.05) is 13.1 Å². The van der Waals surface area contributed by atoms with Crippen molar-refractivity contribution in [3.63, 3.8) is 0 Å². The predicted octanol–water partition coefficient (Wildman–Crippen LogP) is 1.78. The Balaban J connectivity index is 2.00. The fourth-order valence-corrected chi connectivity index (χ4v) is 2.12. The van der Waals surface area contributed by atoms with Crippen molar-refractivity contribution in [1.29, 1.82) is 10.5 Å². The number of hydrogen-bond donors (Lipinski definition) is 0. The van der Waals surface area contributed by atoms with Gasteiger partial charge in [0.1, 0.15) is 0 Å². The van der Waals surface area contributed by atoms with Crippen molar-refractivity contribution >= 4 is 0 Å². The van der Waals surface area contributed by atoms with Crippen molar-refractivity contribution in [1.82, 2.24) is 4.90 Å². The SMILES string of the molecule is N#C[C@@H]1CN(Cc2ccccc2)C[C@@H]1C#N. The molecule has 0 aliphatic carbocycles. The van der Waals surface area contributed by atoms with Gasteiger partial charge in [0, 0.05) is 19.6 Å². The van der Waals surface area contributed by atoms with Gasteiger partial charge >= 0.3 is 0 Å². The van der Waals surface area contributed by atoms with Crippen LogP contribution in [0.2, 0.25) is 0 Å². The molecule has 2 atom stereocenters. The Labute approximate surface area is 95.5 Å². The molecule has 3 heteroatoms. The third-order valence-electron chi connectivity index (χ3n) is 2.98. The van der Waals surface area contributed by atoms with Crippen LogP contribution in [0, 0.1) is 34.5 Å². The Hall–Kier alpha value is -1.84. The molecule has 0 saturated carbocycles. The Morgan fingerprint density at radius 3 is 2.12 bits per heavy atom. The first-order valence-electron chi connectivity index (χ1n) is 5.39. The molecule has 0 N–H and O–H groups in total. The third-order valence-corrected chi connectivity index (χ3v) is 2.98. The van der Waals surface area contributed by atoms with Crippen LogP contribution in [0.1, 0.15) is 5.56 Å². The van der Waals surface area contributed by atoms with Gasteiger partial charge in [0.2, 0.25) is 0 Å². The summed E-state index contributed by atoms with van der Waals surface area (Å²) in [5.74, 6) is -0.262. The fourth-order valence-electron chi connectivity index (χ4n) is 2.12. The lowest BCUT2D eigenvalue weighted by molar-refractivity contribution is 0.321. The van der Waals surface area contributed by atoms with Gasteiger partial charge in [0.25, 0.3) is 0 Å². The number of benzene rings is 1. The second kappa shape index (κ2) is 4.79. The summed E-state index contributed by atoms with van der Waals surface area (Å²) in [6.45, 7) is 2.25. The van der Waals surface area contributed by atoms with Crippen LogP contribution in [0.3, 0.4) is 0 Å². The van der Waals surface area contributed by atoms with E-state index in [1.807, 2.05) is 18.2 Å². The monoisotopic (exact) mass is 211 g/mol. The summed E-state index contributed by atoms with van der Waals surface area (Å²) in [5.41, 5.74) is 1.23. The van der Waals surface area contributed by atoms with Crippen molar-refractivity contribution < 1.29 is 0 Å². The van der Waals surface area contributed by atoms with Crippen LogP contribution >= 0.6 is 0 Å². The molecule has 16 heavy (non-hydrogen) atoms. The van der Waals surface area contributed by atoms with E-state index in [0.29, 0.717) is 13.1 Å². The molecule has 0 spiro atoms. The van der Waals surface area contributed by atoms with Crippen LogP contribution in [-0.2, 0) is 6.54 Å². The highest BCUT2D eigenvalue weighted by Gasteiger charge is 2.32. The second-order valence-corrected chi connectivity index (χ2v) is 4.15. The topological polar surface area (TPSA) is 50.8 Å². The van der Waals surface area contributed by atoms with Gasteiger partial charge in [-0.1, -0.05) is 30.3 Å². The summed E-state index contributed by atoms with van der Waals surface area (Å²) in [5, 5.41) is 17.8. The van der Waals surface area contributed by atoms with E-state index >= 15 is 0 Å². The van der Waals surface area contributed by atoms with E-state index < -0.39 is 0 Å². The van der Waals surface area contributed by atoms with Crippen LogP contribution in [0.15, 0.2) is 30.3 Å². The zero-order valence-corrected chi connectivity index (χ0v) is 9.00. The summed E-state index contributed by atoms with van der Waals surface area (Å²) in [7, 11) is 0. The third kappa shape index (κ3) is 2.21. The molecule has 1 aromatic carbocycles. The van der Waals surface area contributed by atoms with Gasteiger partial charge in [-0.05, 0) is 5.56 Å². The van der Waals surface area contributed by atoms with Crippen molar-refractivity contribution in [3.8, 4) is 12.1 Å². The maximum Gasteiger partial charge on any atom is 0.0761 e. The number of hydrogen-bond acceptors (Lipinski definition) is 3. The van der Waals surface area contributed by atoms with Gasteiger partial charge in [-0.25, -0.2) is 0 Å². The molecule has 1 saturated heterocycles. The van der Waals surface area contributed by atoms with Gasteiger partial charge in [0.05, 0.1) is 24.0 Å². The molecule has 0 amide bonds. The quantitative estimate of drug-likeness (QED) is 0.749. The van der Waals surface area contributed by atoms with E-state index in [1.54, 1.807) is 0 Å². The minimum atomic E-state index is -0.131. The number of likely N-dealkylation sites (tertiary alicyclic amines) is 1. The molecule has 1 fully saturated rings. The molecule has 0 unspecified atom stereocenters. The molecule has 0 aromatic heterocycles. The van der Waals surface area contributed by atoms with Crippen molar-refractivity contribution in [3.05, 3.63) is 35.9 Å². The predicted molar refractivity (Wildman–Crippen MR) is 59.9 cm³/mol. The highest BCUT2D eigenvalue weighted by Crippen LogP contribution is 2.23. The first-order valence-corrected chi connectivity index (χ1v) is 5.39. The van der Waals surface area contributed by atoms with Gasteiger partial charge in [0.15, 0.2) is 0 Å². The largest absolute Gasteiger partial charge is 0.296 e. The molecular formula is C13H13N3. The standard InChI is InChI=1S/C13H13N3/c14-6-12-9-16(10-13(12)7-15)8-11-4-2-1-3-5-11/h1-5,12-13H,8-10H2/t12-,13+. The molecule has 3 nitrogen and oxygen atoms in total. The summed E-state index contributed by atoms with van der Waals surface area (Å²) in [6.07, 6.45) is 0. The van der Waals surface area contributed by atoms with Crippen LogP contribution in [0.5, 0.6) is 0 Å². The fraction of sp³-hybridized carbons (Fsp3) is 0.385. The minimum absolute atomic E-state index is 0.131. The zero-order valence-electron chi connectivity index (χ0n) is 9.00. The maximum absolute atomic E-state index is 8.92. The summed E-state index contributed by atoms with van der Waals surface area (Å²) < 4.78 is 0. The van der Waals surface area contributed by atoms with E-state index in [2.05, 4.69) is 29.2 Å². The summed E-state index contributed by atoms with van der Waals surface area (Å²) in [6, 6.07) is 14.6. The molecule has 1 aliphatic rings. The number of rotatable bonds is 2. The van der Waals surface area contributed by atoms with Gasteiger partial charge in [-0.15, -0.1) is 0 Å². The first kappa shape index (κ1) is 10.7. The molecule has 1 aliphatic heterocycles. The minimum Gasteiger partial charge on any atom is -0.296 e.